The van der Waals surface area contributed by atoms with Gasteiger partial charge >= 0.3 is 130 Å². The smallest absolute Gasteiger partial charge is 0.114 e. The predicted octanol–water partition coefficient (Wildman–Crippen LogP) is 12.3. The molecule has 0 spiro atoms. The topological polar surface area (TPSA) is 43.6 Å². The van der Waals surface area contributed by atoms with Crippen LogP contribution in [0.1, 0.15) is 55.6 Å². The van der Waals surface area contributed by atoms with Gasteiger partial charge in [-0.25, -0.2) is 4.98 Å². The molecule has 1 radical (unpaired) electrons. The van der Waals surface area contributed by atoms with Gasteiger partial charge in [0.15, 0.2) is 0 Å². The first-order chi connectivity index (χ1) is 26.9. The van der Waals surface area contributed by atoms with Crippen molar-refractivity contribution >= 4 is 60.3 Å². The Hall–Kier alpha value is -4.01. The summed E-state index contributed by atoms with van der Waals surface area (Å²) in [6, 6.07) is 37.6. The Labute approximate surface area is 349 Å². The van der Waals surface area contributed by atoms with Gasteiger partial charge in [0, 0.05) is 35.6 Å². The number of imidazole rings is 1. The van der Waals surface area contributed by atoms with E-state index in [1.165, 1.54) is 32.9 Å². The van der Waals surface area contributed by atoms with Gasteiger partial charge in [0.2, 0.25) is 0 Å². The molecule has 8 aromatic rings. The Kier molecular flexibility index (Phi) is 10.8. The minimum atomic E-state index is -2.23. The fourth-order valence-electron chi connectivity index (χ4n) is 6.84. The van der Waals surface area contributed by atoms with Crippen LogP contribution >= 0.6 is 11.3 Å². The Morgan fingerprint density at radius 2 is 1.67 bits per heavy atom. The number of pyridine rings is 2. The van der Waals surface area contributed by atoms with Gasteiger partial charge in [-0.15, -0.1) is 23.8 Å². The van der Waals surface area contributed by atoms with Crippen LogP contribution in [0.3, 0.4) is 0 Å². The number of fused-ring (bicyclic) bond motifs is 4. The summed E-state index contributed by atoms with van der Waals surface area (Å²) in [4.78, 5) is 14.7. The molecule has 4 heterocycles. The summed E-state index contributed by atoms with van der Waals surface area (Å²) in [7, 11) is 0. The molecule has 8 heteroatoms. The Morgan fingerprint density at radius 3 is 2.36 bits per heavy atom. The maximum atomic E-state index is 13.9. The molecular weight excluding hydrogens is 936 g/mol. The number of rotatable bonds is 6. The molecule has 0 unspecified atom stereocenters. The molecule has 0 amide bonds. The molecule has 0 aliphatic carbocycles. The van der Waals surface area contributed by atoms with Gasteiger partial charge in [0.25, 0.3) is 0 Å². The zero-order valence-corrected chi connectivity index (χ0v) is 37.8. The number of halogens is 1. The Balaban J connectivity index is 0.000000221. The Morgan fingerprint density at radius 1 is 0.909 bits per heavy atom. The molecule has 0 fully saturated rings. The minimum Gasteiger partial charge on any atom is -0.333 e. The van der Waals surface area contributed by atoms with Crippen LogP contribution in [0.4, 0.5) is 4.39 Å². The van der Waals surface area contributed by atoms with Gasteiger partial charge < -0.3 is 4.57 Å². The van der Waals surface area contributed by atoms with Crippen LogP contribution in [0.15, 0.2) is 103 Å². The van der Waals surface area contributed by atoms with Crippen molar-refractivity contribution < 1.29 is 28.6 Å². The van der Waals surface area contributed by atoms with Crippen LogP contribution in [-0.2, 0) is 31.9 Å². The van der Waals surface area contributed by atoms with Crippen molar-refractivity contribution in [2.24, 2.45) is 5.92 Å². The van der Waals surface area contributed by atoms with Gasteiger partial charge in [-0.05, 0) is 58.2 Å². The fourth-order valence-corrected chi connectivity index (χ4v) is 11.2. The summed E-state index contributed by atoms with van der Waals surface area (Å²) < 4.78 is 41.6. The molecule has 0 saturated heterocycles. The molecular formula is C47H47FGeIrN4S-2. The second kappa shape index (κ2) is 16.2. The monoisotopic (exact) mass is 988 g/mol. The van der Waals surface area contributed by atoms with Crippen LogP contribution in [0.5, 0.6) is 0 Å². The van der Waals surface area contributed by atoms with Crippen molar-refractivity contribution in [2.45, 2.75) is 70.6 Å². The first-order valence-electron chi connectivity index (χ1n) is 19.9. The van der Waals surface area contributed by atoms with Crippen molar-refractivity contribution in [1.82, 2.24) is 19.5 Å². The van der Waals surface area contributed by atoms with Crippen LogP contribution in [0, 0.1) is 30.7 Å². The zero-order valence-electron chi connectivity index (χ0n) is 35.5. The molecule has 283 valence electrons. The van der Waals surface area contributed by atoms with Crippen molar-refractivity contribution in [3.63, 3.8) is 0 Å². The maximum absolute atomic E-state index is 13.9. The largest absolute Gasteiger partial charge is 0.333 e. The Bertz CT molecular complexity index is 2730. The second-order valence-electron chi connectivity index (χ2n) is 16.3. The van der Waals surface area contributed by atoms with E-state index in [4.69, 9.17) is 9.10 Å². The molecule has 0 saturated carbocycles. The van der Waals surface area contributed by atoms with E-state index in [0.29, 0.717) is 17.2 Å². The normalized spacial score (nSPS) is 12.9. The number of para-hydroxylation sites is 2. The molecule has 0 atom stereocenters. The molecule has 8 rings (SSSR count). The van der Waals surface area contributed by atoms with Crippen LogP contribution in [-0.4, -0.2) is 32.8 Å². The number of nitrogens with zero attached hydrogens (tertiary/aromatic N) is 4. The minimum absolute atomic E-state index is 0. The third-order valence-corrected chi connectivity index (χ3v) is 14.9. The van der Waals surface area contributed by atoms with E-state index < -0.39 is 20.1 Å². The quantitative estimate of drug-likeness (QED) is 0.123. The number of hydrogen-bond acceptors (Lipinski definition) is 4. The number of aromatic nitrogens is 4. The van der Waals surface area contributed by atoms with E-state index >= 15 is 0 Å². The van der Waals surface area contributed by atoms with Crippen molar-refractivity contribution in [3.05, 3.63) is 138 Å². The van der Waals surface area contributed by atoms with E-state index in [2.05, 4.69) is 121 Å². The number of thiophene rings is 1. The molecule has 55 heavy (non-hydrogen) atoms. The summed E-state index contributed by atoms with van der Waals surface area (Å²) in [5, 5.41) is 1.96. The summed E-state index contributed by atoms with van der Waals surface area (Å²) in [5.41, 5.74) is 7.82. The van der Waals surface area contributed by atoms with E-state index in [-0.39, 0.29) is 37.0 Å². The molecule has 0 aliphatic heterocycles. The predicted molar refractivity (Wildman–Crippen MR) is 229 cm³/mol. The molecule has 0 aliphatic rings. The number of hydrogen-bond donors (Lipinski definition) is 0. The van der Waals surface area contributed by atoms with Crippen molar-refractivity contribution in [3.8, 4) is 28.3 Å². The number of aryl methyl sites for hydroxylation is 1. The van der Waals surface area contributed by atoms with Crippen molar-refractivity contribution in [2.75, 3.05) is 0 Å². The first kappa shape index (κ1) is 36.6. The van der Waals surface area contributed by atoms with Crippen LogP contribution in [0.25, 0.3) is 59.7 Å². The zero-order chi connectivity index (χ0) is 40.9. The molecule has 4 aromatic heterocycles. The summed E-state index contributed by atoms with van der Waals surface area (Å²) >= 11 is -0.483. The maximum Gasteiger partial charge on any atom is 0.114 e. The average molecular weight is 987 g/mol. The third-order valence-electron chi connectivity index (χ3n) is 9.55. The SMILES string of the molecule is CC(C)Cc1cc(-c2[c-]cccc2F)nc[c]1[Ge]([CH3])([CH3])[CH3].[2H]C([2H])([2H])c1ccc2c(n1)sc1c[c-]c(-c3nc4ccccc4n3-c3ccc(C(C)(C)C)cc3)cc12.[Ir]. The van der Waals surface area contributed by atoms with Crippen molar-refractivity contribution in [1.29, 1.82) is 0 Å². The molecule has 4 aromatic carbocycles. The van der Waals surface area contributed by atoms with Gasteiger partial charge in [-0.1, -0.05) is 56.5 Å². The van der Waals surface area contributed by atoms with Gasteiger partial charge in [-0.3, -0.25) is 4.98 Å². The molecule has 0 bridgehead atoms. The molecule has 0 N–H and O–H groups in total. The van der Waals surface area contributed by atoms with Gasteiger partial charge in [-0.2, -0.15) is 11.3 Å². The summed E-state index contributed by atoms with van der Waals surface area (Å²) in [6.07, 6.45) is 3.00. The first-order valence-corrected chi connectivity index (χ1v) is 26.5. The summed E-state index contributed by atoms with van der Waals surface area (Å²) in [5.74, 6) is 8.24. The molecule has 4 nitrogen and oxygen atoms in total. The van der Waals surface area contributed by atoms with E-state index in [1.54, 1.807) is 18.2 Å². The fraction of sp³-hybridized carbons (Fsp3) is 0.255. The van der Waals surface area contributed by atoms with E-state index in [9.17, 15) is 4.39 Å². The van der Waals surface area contributed by atoms with Gasteiger partial charge in [0.1, 0.15) is 4.83 Å². The summed E-state index contributed by atoms with van der Waals surface area (Å²) in [6.45, 7) is 8.85. The second-order valence-corrected chi connectivity index (χ2v) is 27.9. The average Bonchev–Trinajstić information content (AvgIpc) is 3.72. The van der Waals surface area contributed by atoms with E-state index in [1.807, 2.05) is 36.5 Å². The van der Waals surface area contributed by atoms with E-state index in [0.717, 1.165) is 54.8 Å². The van der Waals surface area contributed by atoms with Crippen LogP contribution in [0.2, 0.25) is 17.3 Å². The standard InChI is InChI=1S/C29H24N3S.C18H23FGeN.Ir/c1-18-9-15-22-23-17-19(10-16-26(23)33-28(22)30-18)27-31-24-7-5-6-8-25(24)32(27)21-13-11-20(12-14-21)29(2,3)4;1-13(2)10-14-11-18(15-8-6-7-9-16(15)19)21-12-17(14)20(3,4)5;/h5-9,11-17H,1-4H3;6-7,9,11-13H,10H2,1-5H3;/q2*-1;/i1D3;;. The number of benzene rings is 4. The third kappa shape index (κ3) is 8.71. The van der Waals surface area contributed by atoms with Crippen LogP contribution < -0.4 is 4.40 Å². The van der Waals surface area contributed by atoms with Gasteiger partial charge in [0.05, 0.1) is 16.9 Å².